The Hall–Kier alpha value is 0.0900. The second-order valence-electron chi connectivity index (χ2n) is 3.81. The maximum absolute atomic E-state index is 6.27. The lowest BCUT2D eigenvalue weighted by Gasteiger charge is -2.10. The predicted molar refractivity (Wildman–Crippen MR) is 62.4 cm³/mol. The molecule has 0 aliphatic heterocycles. The SMILES string of the molecule is Clc1ccc(C(Cl)CC2CC2)c(Cl)c1. The lowest BCUT2D eigenvalue weighted by molar-refractivity contribution is 0.706. The molecule has 0 heterocycles. The van der Waals surface area contributed by atoms with Crippen LogP contribution in [0.15, 0.2) is 18.2 Å². The van der Waals surface area contributed by atoms with Gasteiger partial charge >= 0.3 is 0 Å². The van der Waals surface area contributed by atoms with Crippen LogP contribution in [0.1, 0.15) is 30.2 Å². The third-order valence-corrected chi connectivity index (χ3v) is 3.51. The Balaban J connectivity index is 2.13. The zero-order valence-electron chi connectivity index (χ0n) is 7.64. The van der Waals surface area contributed by atoms with Gasteiger partial charge in [-0.25, -0.2) is 0 Å². The molecule has 0 saturated heterocycles. The molecule has 3 heteroatoms. The van der Waals surface area contributed by atoms with Crippen molar-refractivity contribution in [3.05, 3.63) is 33.8 Å². The van der Waals surface area contributed by atoms with Crippen molar-refractivity contribution in [1.29, 1.82) is 0 Å². The fraction of sp³-hybridized carbons (Fsp3) is 0.455. The number of halogens is 3. The largest absolute Gasteiger partial charge is 0.118 e. The molecule has 1 unspecified atom stereocenters. The minimum Gasteiger partial charge on any atom is -0.118 e. The molecule has 0 bridgehead atoms. The highest BCUT2D eigenvalue weighted by molar-refractivity contribution is 6.35. The normalized spacial score (nSPS) is 18.2. The molecule has 0 N–H and O–H groups in total. The highest BCUT2D eigenvalue weighted by Crippen LogP contribution is 2.42. The standard InChI is InChI=1S/C11H11Cl3/c12-8-3-4-9(11(14)6-8)10(13)5-7-1-2-7/h3-4,6-7,10H,1-2,5H2. The molecule has 0 spiro atoms. The van der Waals surface area contributed by atoms with Gasteiger partial charge in [-0.2, -0.15) is 0 Å². The van der Waals surface area contributed by atoms with E-state index in [1.165, 1.54) is 12.8 Å². The molecule has 2 rings (SSSR count). The zero-order valence-corrected chi connectivity index (χ0v) is 9.91. The third-order valence-electron chi connectivity index (χ3n) is 2.54. The molecular weight excluding hydrogens is 238 g/mol. The molecule has 0 nitrogen and oxygen atoms in total. The van der Waals surface area contributed by atoms with Gasteiger partial charge in [-0.3, -0.25) is 0 Å². The lowest BCUT2D eigenvalue weighted by Crippen LogP contribution is -1.93. The van der Waals surface area contributed by atoms with Crippen LogP contribution in [0.3, 0.4) is 0 Å². The van der Waals surface area contributed by atoms with Crippen molar-refractivity contribution in [2.45, 2.75) is 24.6 Å². The van der Waals surface area contributed by atoms with Crippen LogP contribution in [0.5, 0.6) is 0 Å². The highest BCUT2D eigenvalue weighted by Gasteiger charge is 2.26. The molecule has 1 atom stereocenters. The fourth-order valence-electron chi connectivity index (χ4n) is 1.53. The first-order valence-corrected chi connectivity index (χ1v) is 5.95. The average Bonchev–Trinajstić information content (AvgIpc) is 2.87. The molecule has 14 heavy (non-hydrogen) atoms. The van der Waals surface area contributed by atoms with E-state index < -0.39 is 0 Å². The Morgan fingerprint density at radius 2 is 2.00 bits per heavy atom. The molecule has 1 fully saturated rings. The van der Waals surface area contributed by atoms with Gasteiger partial charge in [0.25, 0.3) is 0 Å². The molecule has 1 saturated carbocycles. The fourth-order valence-corrected chi connectivity index (χ4v) is 2.57. The van der Waals surface area contributed by atoms with Crippen LogP contribution >= 0.6 is 34.8 Å². The van der Waals surface area contributed by atoms with E-state index >= 15 is 0 Å². The van der Waals surface area contributed by atoms with Crippen LogP contribution < -0.4 is 0 Å². The number of rotatable bonds is 3. The van der Waals surface area contributed by atoms with Crippen molar-refractivity contribution in [3.63, 3.8) is 0 Å². The third kappa shape index (κ3) is 2.56. The molecule has 1 aromatic rings. The first kappa shape index (κ1) is 10.6. The van der Waals surface area contributed by atoms with Gasteiger partial charge in [0.15, 0.2) is 0 Å². The van der Waals surface area contributed by atoms with E-state index in [-0.39, 0.29) is 5.38 Å². The van der Waals surface area contributed by atoms with Gasteiger partial charge in [0, 0.05) is 10.0 Å². The Labute approximate surface area is 99.2 Å². The summed E-state index contributed by atoms with van der Waals surface area (Å²) in [6, 6.07) is 5.51. The van der Waals surface area contributed by atoms with Gasteiger partial charge in [-0.05, 0) is 30.0 Å². The Bertz CT molecular complexity index is 331. The summed E-state index contributed by atoms with van der Waals surface area (Å²) in [7, 11) is 0. The summed E-state index contributed by atoms with van der Waals surface area (Å²) >= 11 is 18.1. The van der Waals surface area contributed by atoms with Gasteiger partial charge in [-0.1, -0.05) is 42.1 Å². The minimum atomic E-state index is 0.0345. The Morgan fingerprint density at radius 3 is 2.57 bits per heavy atom. The highest BCUT2D eigenvalue weighted by atomic mass is 35.5. The molecule has 1 aliphatic rings. The topological polar surface area (TPSA) is 0 Å². The summed E-state index contributed by atoms with van der Waals surface area (Å²) < 4.78 is 0. The van der Waals surface area contributed by atoms with Crippen LogP contribution in [-0.4, -0.2) is 0 Å². The Kier molecular flexibility index (Phi) is 3.26. The van der Waals surface area contributed by atoms with Gasteiger partial charge in [0.05, 0.1) is 5.38 Å². The molecule has 1 aromatic carbocycles. The van der Waals surface area contributed by atoms with E-state index in [1.54, 1.807) is 6.07 Å². The van der Waals surface area contributed by atoms with Gasteiger partial charge in [0.1, 0.15) is 0 Å². The van der Waals surface area contributed by atoms with E-state index in [0.29, 0.717) is 10.0 Å². The van der Waals surface area contributed by atoms with Crippen molar-refractivity contribution < 1.29 is 0 Å². The van der Waals surface area contributed by atoms with Gasteiger partial charge in [0.2, 0.25) is 0 Å². The number of benzene rings is 1. The van der Waals surface area contributed by atoms with Crippen LogP contribution in [-0.2, 0) is 0 Å². The van der Waals surface area contributed by atoms with E-state index in [4.69, 9.17) is 34.8 Å². The summed E-state index contributed by atoms with van der Waals surface area (Å²) in [6.07, 6.45) is 3.66. The number of alkyl halides is 1. The Morgan fingerprint density at radius 1 is 1.29 bits per heavy atom. The zero-order chi connectivity index (χ0) is 10.1. The summed E-state index contributed by atoms with van der Waals surface area (Å²) in [5, 5.41) is 1.37. The van der Waals surface area contributed by atoms with Crippen LogP contribution in [0.2, 0.25) is 10.0 Å². The van der Waals surface area contributed by atoms with Crippen molar-refractivity contribution in [3.8, 4) is 0 Å². The van der Waals surface area contributed by atoms with E-state index in [0.717, 1.165) is 17.9 Å². The molecular formula is C11H11Cl3. The quantitative estimate of drug-likeness (QED) is 0.656. The van der Waals surface area contributed by atoms with Crippen molar-refractivity contribution in [1.82, 2.24) is 0 Å². The molecule has 0 aromatic heterocycles. The summed E-state index contributed by atoms with van der Waals surface area (Å²) in [5.74, 6) is 0.809. The maximum atomic E-state index is 6.27. The molecule has 0 amide bonds. The number of hydrogen-bond donors (Lipinski definition) is 0. The maximum Gasteiger partial charge on any atom is 0.0602 e. The molecule has 0 radical (unpaired) electrons. The average molecular weight is 250 g/mol. The predicted octanol–water partition coefficient (Wildman–Crippen LogP) is 5.07. The second-order valence-corrected chi connectivity index (χ2v) is 5.18. The van der Waals surface area contributed by atoms with Crippen molar-refractivity contribution in [2.75, 3.05) is 0 Å². The summed E-state index contributed by atoms with van der Waals surface area (Å²) in [4.78, 5) is 0. The lowest BCUT2D eigenvalue weighted by atomic mass is 10.1. The van der Waals surface area contributed by atoms with Crippen LogP contribution in [0, 0.1) is 5.92 Å². The first-order chi connectivity index (χ1) is 6.66. The van der Waals surface area contributed by atoms with Crippen LogP contribution in [0.25, 0.3) is 0 Å². The van der Waals surface area contributed by atoms with Gasteiger partial charge in [-0.15, -0.1) is 11.6 Å². The van der Waals surface area contributed by atoms with Gasteiger partial charge < -0.3 is 0 Å². The monoisotopic (exact) mass is 248 g/mol. The summed E-state index contributed by atoms with van der Waals surface area (Å²) in [6.45, 7) is 0. The van der Waals surface area contributed by atoms with Crippen molar-refractivity contribution >= 4 is 34.8 Å². The second kappa shape index (κ2) is 4.30. The molecule has 1 aliphatic carbocycles. The van der Waals surface area contributed by atoms with E-state index in [9.17, 15) is 0 Å². The number of hydrogen-bond acceptors (Lipinski definition) is 0. The molecule has 76 valence electrons. The first-order valence-electron chi connectivity index (χ1n) is 4.76. The smallest absolute Gasteiger partial charge is 0.0602 e. The van der Waals surface area contributed by atoms with Crippen LogP contribution in [0.4, 0.5) is 0 Å². The summed E-state index contributed by atoms with van der Waals surface area (Å²) in [5.41, 5.74) is 1.00. The van der Waals surface area contributed by atoms with Crippen molar-refractivity contribution in [2.24, 2.45) is 5.92 Å². The minimum absolute atomic E-state index is 0.0345. The van der Waals surface area contributed by atoms with E-state index in [2.05, 4.69) is 0 Å². The van der Waals surface area contributed by atoms with E-state index in [1.807, 2.05) is 12.1 Å².